The molecule has 1 N–H and O–H groups in total. The third-order valence-electron chi connectivity index (χ3n) is 2.46. The first-order chi connectivity index (χ1) is 9.38. The van der Waals surface area contributed by atoms with Gasteiger partial charge < -0.3 is 0 Å². The summed E-state index contributed by atoms with van der Waals surface area (Å²) in [5.74, 6) is 2.46. The predicted octanol–water partition coefficient (Wildman–Crippen LogP) is 2.33. The molecular weight excluding hydrogens is 304 g/mol. The molecule has 6 nitrogen and oxygen atoms in total. The fourth-order valence-electron chi connectivity index (χ4n) is 1.44. The standard InChI is InChI=1S/C12H13ClN2O4S/c1-2-3-4-5-8-14-20(18,19)10-6-7-11(13)12(9-10)15(16)17/h1,6-7,9,14H,3-5,8H2. The predicted molar refractivity (Wildman–Crippen MR) is 76.0 cm³/mol. The van der Waals surface area contributed by atoms with E-state index >= 15 is 0 Å². The van der Waals surface area contributed by atoms with Gasteiger partial charge in [-0.25, -0.2) is 13.1 Å². The second-order valence-corrected chi connectivity index (χ2v) is 6.10. The van der Waals surface area contributed by atoms with Crippen molar-refractivity contribution in [3.8, 4) is 12.3 Å². The highest BCUT2D eigenvalue weighted by molar-refractivity contribution is 7.89. The Labute approximate surface area is 122 Å². The van der Waals surface area contributed by atoms with Crippen molar-refractivity contribution in [3.05, 3.63) is 33.3 Å². The molecule has 0 aliphatic heterocycles. The van der Waals surface area contributed by atoms with E-state index in [0.717, 1.165) is 6.07 Å². The van der Waals surface area contributed by atoms with E-state index < -0.39 is 20.6 Å². The minimum Gasteiger partial charge on any atom is -0.258 e. The molecule has 0 unspecified atom stereocenters. The molecule has 0 aromatic heterocycles. The zero-order chi connectivity index (χ0) is 15.2. The normalized spacial score (nSPS) is 11.0. The molecule has 0 atom stereocenters. The van der Waals surface area contributed by atoms with Crippen molar-refractivity contribution < 1.29 is 13.3 Å². The minimum atomic E-state index is -3.78. The van der Waals surface area contributed by atoms with E-state index in [1.807, 2.05) is 0 Å². The zero-order valence-electron chi connectivity index (χ0n) is 10.5. The average Bonchev–Trinajstić information content (AvgIpc) is 2.38. The lowest BCUT2D eigenvalue weighted by Gasteiger charge is -2.06. The van der Waals surface area contributed by atoms with Gasteiger partial charge >= 0.3 is 0 Å². The van der Waals surface area contributed by atoms with Crippen LogP contribution < -0.4 is 4.72 Å². The smallest absolute Gasteiger partial charge is 0.258 e. The van der Waals surface area contributed by atoms with Gasteiger partial charge in [0.05, 0.1) is 9.82 Å². The van der Waals surface area contributed by atoms with Crippen LogP contribution in [0.4, 0.5) is 5.69 Å². The van der Waals surface area contributed by atoms with Crippen molar-refractivity contribution in [3.63, 3.8) is 0 Å². The summed E-state index contributed by atoms with van der Waals surface area (Å²) in [6, 6.07) is 3.35. The van der Waals surface area contributed by atoms with Crippen LogP contribution in [0.2, 0.25) is 5.02 Å². The molecular formula is C12H13ClN2O4S. The maximum absolute atomic E-state index is 11.9. The molecule has 0 aliphatic carbocycles. The Morgan fingerprint density at radius 2 is 2.10 bits per heavy atom. The largest absolute Gasteiger partial charge is 0.289 e. The van der Waals surface area contributed by atoms with E-state index in [1.165, 1.54) is 12.1 Å². The van der Waals surface area contributed by atoms with Crippen molar-refractivity contribution in [1.82, 2.24) is 4.72 Å². The van der Waals surface area contributed by atoms with Crippen molar-refractivity contribution in [1.29, 1.82) is 0 Å². The molecule has 0 fully saturated rings. The average molecular weight is 317 g/mol. The first-order valence-corrected chi connectivity index (χ1v) is 7.61. The van der Waals surface area contributed by atoms with E-state index in [2.05, 4.69) is 10.6 Å². The van der Waals surface area contributed by atoms with E-state index in [9.17, 15) is 18.5 Å². The molecule has 20 heavy (non-hydrogen) atoms. The molecule has 0 saturated heterocycles. The molecule has 8 heteroatoms. The van der Waals surface area contributed by atoms with Gasteiger partial charge in [0.2, 0.25) is 10.0 Å². The van der Waals surface area contributed by atoms with Crippen LogP contribution in [0.5, 0.6) is 0 Å². The van der Waals surface area contributed by atoms with E-state index in [1.54, 1.807) is 0 Å². The van der Waals surface area contributed by atoms with Crippen LogP contribution in [0, 0.1) is 22.5 Å². The fraction of sp³-hybridized carbons (Fsp3) is 0.333. The van der Waals surface area contributed by atoms with Crippen molar-refractivity contribution >= 4 is 27.3 Å². The lowest BCUT2D eigenvalue weighted by molar-refractivity contribution is -0.384. The Morgan fingerprint density at radius 1 is 1.40 bits per heavy atom. The summed E-state index contributed by atoms with van der Waals surface area (Å²) in [7, 11) is -3.78. The van der Waals surface area contributed by atoms with Gasteiger partial charge in [0.1, 0.15) is 5.02 Å². The Kier molecular flexibility index (Phi) is 5.95. The molecule has 0 spiro atoms. The summed E-state index contributed by atoms with van der Waals surface area (Å²) in [4.78, 5) is 9.80. The number of sulfonamides is 1. The minimum absolute atomic E-state index is 0.108. The van der Waals surface area contributed by atoms with E-state index in [0.29, 0.717) is 19.3 Å². The molecule has 108 valence electrons. The van der Waals surface area contributed by atoms with Crippen LogP contribution in [-0.2, 0) is 10.0 Å². The van der Waals surface area contributed by atoms with Crippen molar-refractivity contribution in [2.45, 2.75) is 24.2 Å². The van der Waals surface area contributed by atoms with Gasteiger partial charge in [-0.1, -0.05) is 11.6 Å². The topological polar surface area (TPSA) is 89.3 Å². The van der Waals surface area contributed by atoms with Crippen LogP contribution in [0.1, 0.15) is 19.3 Å². The first-order valence-electron chi connectivity index (χ1n) is 5.75. The Balaban J connectivity index is 2.80. The number of halogens is 1. The first kappa shape index (κ1) is 16.4. The number of benzene rings is 1. The number of hydrogen-bond acceptors (Lipinski definition) is 4. The van der Waals surface area contributed by atoms with Crippen molar-refractivity contribution in [2.75, 3.05) is 6.54 Å². The molecule has 0 aliphatic rings. The van der Waals surface area contributed by atoms with Crippen LogP contribution in [0.3, 0.4) is 0 Å². The number of unbranched alkanes of at least 4 members (excludes halogenated alkanes) is 2. The molecule has 1 aromatic carbocycles. The maximum atomic E-state index is 11.9. The lowest BCUT2D eigenvalue weighted by Crippen LogP contribution is -2.24. The monoisotopic (exact) mass is 316 g/mol. The molecule has 0 radical (unpaired) electrons. The number of nitro groups is 1. The lowest BCUT2D eigenvalue weighted by atomic mass is 10.2. The third kappa shape index (κ3) is 4.49. The summed E-state index contributed by atoms with van der Waals surface area (Å²) in [5.41, 5.74) is -0.443. The maximum Gasteiger partial charge on any atom is 0.289 e. The molecule has 0 amide bonds. The fourth-order valence-corrected chi connectivity index (χ4v) is 2.72. The highest BCUT2D eigenvalue weighted by Gasteiger charge is 2.20. The Hall–Kier alpha value is -1.62. The van der Waals surface area contributed by atoms with Crippen LogP contribution in [-0.4, -0.2) is 19.9 Å². The number of nitro benzene ring substituents is 1. The number of rotatable bonds is 7. The molecule has 0 saturated carbocycles. The summed E-state index contributed by atoms with van der Waals surface area (Å²) >= 11 is 5.63. The van der Waals surface area contributed by atoms with E-state index in [-0.39, 0.29) is 16.5 Å². The van der Waals surface area contributed by atoms with Crippen molar-refractivity contribution in [2.24, 2.45) is 0 Å². The SMILES string of the molecule is C#CCCCCNS(=O)(=O)c1ccc(Cl)c([N+](=O)[O-])c1. The van der Waals surface area contributed by atoms with Crippen LogP contribution >= 0.6 is 11.6 Å². The quantitative estimate of drug-likeness (QED) is 0.362. The molecule has 0 bridgehead atoms. The van der Waals surface area contributed by atoms with Crippen LogP contribution in [0.15, 0.2) is 23.1 Å². The highest BCUT2D eigenvalue weighted by Crippen LogP contribution is 2.26. The van der Waals surface area contributed by atoms with Crippen LogP contribution in [0.25, 0.3) is 0 Å². The number of nitrogens with one attached hydrogen (secondary N) is 1. The van der Waals surface area contributed by atoms with Gasteiger partial charge in [-0.15, -0.1) is 12.3 Å². The Bertz CT molecular complexity index is 637. The van der Waals surface area contributed by atoms with Gasteiger partial charge in [0.15, 0.2) is 0 Å². The molecule has 1 rings (SSSR count). The zero-order valence-corrected chi connectivity index (χ0v) is 12.1. The summed E-state index contributed by atoms with van der Waals surface area (Å²) in [6.45, 7) is 0.223. The summed E-state index contributed by atoms with van der Waals surface area (Å²) in [5, 5.41) is 10.6. The van der Waals surface area contributed by atoms with Gasteiger partial charge in [0.25, 0.3) is 5.69 Å². The number of terminal acetylenes is 1. The number of nitrogens with zero attached hydrogens (tertiary/aromatic N) is 1. The summed E-state index contributed by atoms with van der Waals surface area (Å²) < 4.78 is 26.2. The Morgan fingerprint density at radius 3 is 2.70 bits per heavy atom. The third-order valence-corrected chi connectivity index (χ3v) is 4.24. The van der Waals surface area contributed by atoms with Gasteiger partial charge in [-0.05, 0) is 25.0 Å². The van der Waals surface area contributed by atoms with Gasteiger partial charge in [0, 0.05) is 19.0 Å². The van der Waals surface area contributed by atoms with Gasteiger partial charge in [-0.2, -0.15) is 0 Å². The molecule has 0 heterocycles. The second kappa shape index (κ2) is 7.24. The second-order valence-electron chi connectivity index (χ2n) is 3.93. The highest BCUT2D eigenvalue weighted by atomic mass is 35.5. The number of hydrogen-bond donors (Lipinski definition) is 1. The summed E-state index contributed by atoms with van der Waals surface area (Å²) in [6.07, 6.45) is 6.96. The molecule has 1 aromatic rings. The van der Waals surface area contributed by atoms with E-state index in [4.69, 9.17) is 18.0 Å². The van der Waals surface area contributed by atoms with Gasteiger partial charge in [-0.3, -0.25) is 10.1 Å².